The topological polar surface area (TPSA) is 152 Å². The van der Waals surface area contributed by atoms with E-state index in [0.717, 1.165) is 5.56 Å². The highest BCUT2D eigenvalue weighted by Gasteiger charge is 2.20. The van der Waals surface area contributed by atoms with Crippen molar-refractivity contribution >= 4 is 29.2 Å². The quantitative estimate of drug-likeness (QED) is 0.169. The minimum absolute atomic E-state index is 0.0436. The second kappa shape index (κ2) is 15.1. The maximum absolute atomic E-state index is 15.0. The number of anilines is 2. The van der Waals surface area contributed by atoms with E-state index in [4.69, 9.17) is 19.5 Å². The average molecular weight is 636 g/mol. The highest BCUT2D eigenvalue weighted by molar-refractivity contribution is 5.96. The van der Waals surface area contributed by atoms with Gasteiger partial charge in [0.05, 0.1) is 25.1 Å². The van der Waals surface area contributed by atoms with Gasteiger partial charge in [-0.25, -0.2) is 19.2 Å². The van der Waals surface area contributed by atoms with Gasteiger partial charge in [-0.1, -0.05) is 6.92 Å². The predicted molar refractivity (Wildman–Crippen MR) is 166 cm³/mol. The maximum atomic E-state index is 15.0. The number of imidazole rings is 1. The van der Waals surface area contributed by atoms with E-state index < -0.39 is 29.9 Å². The van der Waals surface area contributed by atoms with Crippen LogP contribution in [0.5, 0.6) is 5.75 Å². The number of rotatable bonds is 13. The molecule has 0 atom stereocenters. The van der Waals surface area contributed by atoms with Crippen molar-refractivity contribution in [1.29, 1.82) is 5.26 Å². The number of hydrogen-bond donors (Lipinski definition) is 3. The Morgan fingerprint density at radius 3 is 2.52 bits per heavy atom. The van der Waals surface area contributed by atoms with Crippen LogP contribution < -0.4 is 20.7 Å². The van der Waals surface area contributed by atoms with Crippen molar-refractivity contribution in [2.45, 2.75) is 39.7 Å². The molecule has 0 aliphatic heterocycles. The lowest BCUT2D eigenvalue weighted by atomic mass is 10.0. The fourth-order valence-electron chi connectivity index (χ4n) is 4.45. The molecule has 4 aromatic rings. The number of alkyl carbamates (subject to hydrolysis) is 1. The smallest absolute Gasteiger partial charge is 0.407 e. The largest absolute Gasteiger partial charge is 0.476 e. The number of aromatic nitrogens is 3. The van der Waals surface area contributed by atoms with Gasteiger partial charge in [-0.15, -0.1) is 0 Å². The Morgan fingerprint density at radius 1 is 1.04 bits per heavy atom. The lowest BCUT2D eigenvalue weighted by Gasteiger charge is -2.19. The molecule has 14 heteroatoms. The van der Waals surface area contributed by atoms with E-state index in [1.807, 2.05) is 13.0 Å². The first-order valence-electron chi connectivity index (χ1n) is 14.5. The van der Waals surface area contributed by atoms with Gasteiger partial charge in [0.25, 0.3) is 5.91 Å². The second-order valence-corrected chi connectivity index (χ2v) is 10.9. The van der Waals surface area contributed by atoms with Gasteiger partial charge in [-0.2, -0.15) is 9.65 Å². The highest BCUT2D eigenvalue weighted by atomic mass is 19.2. The number of benzene rings is 2. The molecule has 0 aliphatic rings. The van der Waals surface area contributed by atoms with Crippen LogP contribution in [-0.2, 0) is 15.9 Å². The predicted octanol–water partition coefficient (Wildman–Crippen LogP) is 5.15. The third-order valence-electron chi connectivity index (χ3n) is 6.48. The number of fused-ring (bicyclic) bond motifs is 1. The van der Waals surface area contributed by atoms with Crippen LogP contribution >= 0.6 is 0 Å². The zero-order chi connectivity index (χ0) is 33.3. The van der Waals surface area contributed by atoms with Gasteiger partial charge < -0.3 is 30.2 Å². The number of hydrogen-bond acceptors (Lipinski definition) is 9. The Labute approximate surface area is 264 Å². The van der Waals surface area contributed by atoms with Gasteiger partial charge in [0, 0.05) is 42.3 Å². The molecule has 2 aromatic carbocycles. The summed E-state index contributed by atoms with van der Waals surface area (Å²) >= 11 is 0. The summed E-state index contributed by atoms with van der Waals surface area (Å²) in [5.74, 6) is -2.59. The van der Waals surface area contributed by atoms with Crippen molar-refractivity contribution in [3.8, 4) is 23.1 Å². The third-order valence-corrected chi connectivity index (χ3v) is 6.48. The molecule has 0 saturated carbocycles. The van der Waals surface area contributed by atoms with E-state index >= 15 is 0 Å². The molecule has 12 nitrogen and oxygen atoms in total. The zero-order valence-corrected chi connectivity index (χ0v) is 25.9. The van der Waals surface area contributed by atoms with Gasteiger partial charge in [-0.05, 0) is 63.1 Å². The van der Waals surface area contributed by atoms with Gasteiger partial charge in [0.2, 0.25) is 5.82 Å². The molecule has 0 fully saturated rings. The van der Waals surface area contributed by atoms with Crippen LogP contribution in [0.25, 0.3) is 16.9 Å². The highest BCUT2D eigenvalue weighted by Crippen LogP contribution is 2.32. The summed E-state index contributed by atoms with van der Waals surface area (Å²) in [5, 5.41) is 17.3. The van der Waals surface area contributed by atoms with Crippen molar-refractivity contribution < 1.29 is 32.6 Å². The van der Waals surface area contributed by atoms with Crippen LogP contribution in [0.4, 0.5) is 25.1 Å². The van der Waals surface area contributed by atoms with Crippen LogP contribution in [0.3, 0.4) is 0 Å². The van der Waals surface area contributed by atoms with E-state index in [1.165, 1.54) is 24.5 Å². The summed E-state index contributed by atoms with van der Waals surface area (Å²) in [5.41, 5.74) is 1.97. The number of nitriles is 1. The minimum atomic E-state index is -1.20. The minimum Gasteiger partial charge on any atom is -0.476 e. The normalized spacial score (nSPS) is 11.2. The van der Waals surface area contributed by atoms with Crippen molar-refractivity contribution in [3.63, 3.8) is 0 Å². The van der Waals surface area contributed by atoms with Gasteiger partial charge in [-0.3, -0.25) is 9.20 Å². The molecular formula is C32H35F2N7O5. The average Bonchev–Trinajstić information content (AvgIpc) is 3.45. The standard InChI is InChI=1S/C32H35F2N7O5/c1-5-20-18-21(6-7-22(20)30(42)37-12-16-44-17-13-38-31(43)46-32(2,3)4)40-28-29-39-19-24(41(29)14-11-36-28)23-8-9-25(45-15-10-35)27(34)26(23)33/h6-9,11,14,18-19H,5,12-13,15-17H2,1-4H3,(H,36,40)(H,37,42)(H,38,43). The van der Waals surface area contributed by atoms with E-state index in [-0.39, 0.29) is 49.2 Å². The number of amides is 2. The summed E-state index contributed by atoms with van der Waals surface area (Å²) < 4.78 is 46.7. The van der Waals surface area contributed by atoms with Crippen LogP contribution in [-0.4, -0.2) is 64.9 Å². The van der Waals surface area contributed by atoms with Gasteiger partial charge in [0.1, 0.15) is 11.7 Å². The number of aryl methyl sites for hydroxylation is 1. The summed E-state index contributed by atoms with van der Waals surface area (Å²) in [4.78, 5) is 33.3. The number of nitrogens with one attached hydrogen (secondary N) is 3. The Morgan fingerprint density at radius 2 is 1.80 bits per heavy atom. The molecule has 0 aliphatic carbocycles. The lowest BCUT2D eigenvalue weighted by Crippen LogP contribution is -2.34. The Hall–Kier alpha value is -5.29. The van der Waals surface area contributed by atoms with E-state index in [0.29, 0.717) is 29.1 Å². The molecule has 46 heavy (non-hydrogen) atoms. The van der Waals surface area contributed by atoms with Crippen molar-refractivity contribution in [3.05, 3.63) is 71.7 Å². The summed E-state index contributed by atoms with van der Waals surface area (Å²) in [7, 11) is 0. The third kappa shape index (κ3) is 8.45. The number of halogens is 2. The first-order chi connectivity index (χ1) is 22.0. The molecule has 0 radical (unpaired) electrons. The fraction of sp³-hybridized carbons (Fsp3) is 0.344. The molecule has 4 rings (SSSR count). The fourth-order valence-corrected chi connectivity index (χ4v) is 4.45. The number of nitrogens with zero attached hydrogens (tertiary/aromatic N) is 4. The Balaban J connectivity index is 1.38. The van der Waals surface area contributed by atoms with Crippen LogP contribution in [0.15, 0.2) is 48.9 Å². The van der Waals surface area contributed by atoms with Gasteiger partial charge in [0.15, 0.2) is 29.6 Å². The molecule has 2 amide bonds. The first kappa shape index (κ1) is 33.6. The molecular weight excluding hydrogens is 600 g/mol. The monoisotopic (exact) mass is 635 g/mol. The number of carbonyl (C=O) groups excluding carboxylic acids is 2. The number of carbonyl (C=O) groups is 2. The molecule has 2 heterocycles. The molecule has 3 N–H and O–H groups in total. The van der Waals surface area contributed by atoms with Crippen molar-refractivity contribution in [2.75, 3.05) is 38.2 Å². The molecule has 0 spiro atoms. The Kier molecular flexibility index (Phi) is 11.1. The summed E-state index contributed by atoms with van der Waals surface area (Å²) in [6, 6.07) is 9.60. The molecule has 0 bridgehead atoms. The molecule has 0 unspecified atom stereocenters. The van der Waals surface area contributed by atoms with Crippen molar-refractivity contribution in [2.24, 2.45) is 0 Å². The van der Waals surface area contributed by atoms with Crippen LogP contribution in [0.1, 0.15) is 43.6 Å². The lowest BCUT2D eigenvalue weighted by molar-refractivity contribution is 0.0500. The van der Waals surface area contributed by atoms with E-state index in [2.05, 4.69) is 25.9 Å². The maximum Gasteiger partial charge on any atom is 0.407 e. The van der Waals surface area contributed by atoms with Crippen LogP contribution in [0.2, 0.25) is 0 Å². The first-order valence-corrected chi connectivity index (χ1v) is 14.5. The molecule has 0 saturated heterocycles. The van der Waals surface area contributed by atoms with E-state index in [9.17, 15) is 18.4 Å². The summed E-state index contributed by atoms with van der Waals surface area (Å²) in [6.07, 6.45) is 4.54. The van der Waals surface area contributed by atoms with Crippen LogP contribution in [0, 0.1) is 23.0 Å². The van der Waals surface area contributed by atoms with Crippen molar-refractivity contribution in [1.82, 2.24) is 25.0 Å². The van der Waals surface area contributed by atoms with E-state index in [1.54, 1.807) is 49.6 Å². The zero-order valence-electron chi connectivity index (χ0n) is 25.9. The molecule has 2 aromatic heterocycles. The Bertz CT molecular complexity index is 1750. The SMILES string of the molecule is CCc1cc(Nc2nccn3c(-c4ccc(OCC#N)c(F)c4F)cnc23)ccc1C(=O)NCCOCCNC(=O)OC(C)(C)C. The summed E-state index contributed by atoms with van der Waals surface area (Å²) in [6.45, 7) is 7.95. The number of ether oxygens (including phenoxy) is 3. The molecule has 242 valence electrons. The second-order valence-electron chi connectivity index (χ2n) is 10.9. The van der Waals surface area contributed by atoms with Gasteiger partial charge >= 0.3 is 6.09 Å².